The van der Waals surface area contributed by atoms with Crippen molar-refractivity contribution < 1.29 is 14.5 Å². The van der Waals surface area contributed by atoms with Gasteiger partial charge in [-0.05, 0) is 25.1 Å². The van der Waals surface area contributed by atoms with Crippen molar-refractivity contribution in [3.8, 4) is 5.75 Å². The van der Waals surface area contributed by atoms with Gasteiger partial charge in [-0.2, -0.15) is 0 Å². The Morgan fingerprint density at radius 2 is 2.28 bits per heavy atom. The van der Waals surface area contributed by atoms with Crippen LogP contribution in [-0.4, -0.2) is 24.5 Å². The minimum atomic E-state index is -0.568. The number of hydrogen-bond acceptors (Lipinski definition) is 5. The van der Waals surface area contributed by atoms with Gasteiger partial charge in [0.05, 0.1) is 18.1 Å². The number of ether oxygens (including phenoxy) is 1. The van der Waals surface area contributed by atoms with Crippen molar-refractivity contribution in [3.63, 3.8) is 0 Å². The van der Waals surface area contributed by atoms with Gasteiger partial charge in [0.25, 0.3) is 5.69 Å². The Labute approximate surface area is 104 Å². The normalized spacial score (nSPS) is 9.89. The third-order valence-electron chi connectivity index (χ3n) is 2.28. The van der Waals surface area contributed by atoms with Gasteiger partial charge in [0.2, 0.25) is 5.91 Å². The van der Waals surface area contributed by atoms with Gasteiger partial charge >= 0.3 is 0 Å². The standard InChI is InChI=1S/C11H15N3O4/c1-18-8-4-5-9(10(7-8)14(16)17)13-11(15)3-2-6-12/h4-5,7H,2-3,6,12H2,1H3,(H,13,15). The van der Waals surface area contributed by atoms with Crippen molar-refractivity contribution in [2.45, 2.75) is 12.8 Å². The van der Waals surface area contributed by atoms with E-state index in [2.05, 4.69) is 5.32 Å². The van der Waals surface area contributed by atoms with Gasteiger partial charge in [-0.25, -0.2) is 0 Å². The zero-order chi connectivity index (χ0) is 13.5. The molecule has 18 heavy (non-hydrogen) atoms. The number of nitrogens with zero attached hydrogens (tertiary/aromatic N) is 1. The molecular weight excluding hydrogens is 238 g/mol. The Hall–Kier alpha value is -2.15. The molecule has 1 rings (SSSR count). The summed E-state index contributed by atoms with van der Waals surface area (Å²) in [5.74, 6) is 0.0652. The van der Waals surface area contributed by atoms with Crippen molar-refractivity contribution >= 4 is 17.3 Å². The number of nitrogens with two attached hydrogens (primary N) is 1. The highest BCUT2D eigenvalue weighted by Gasteiger charge is 2.16. The average Bonchev–Trinajstić information content (AvgIpc) is 2.36. The quantitative estimate of drug-likeness (QED) is 0.586. The summed E-state index contributed by atoms with van der Waals surface area (Å²) < 4.78 is 4.90. The second-order valence-corrected chi connectivity index (χ2v) is 3.58. The molecule has 0 aliphatic carbocycles. The van der Waals surface area contributed by atoms with Gasteiger partial charge in [-0.1, -0.05) is 0 Å². The van der Waals surface area contributed by atoms with Crippen molar-refractivity contribution in [1.82, 2.24) is 0 Å². The van der Waals surface area contributed by atoms with Crippen molar-refractivity contribution in [2.24, 2.45) is 5.73 Å². The molecule has 0 fully saturated rings. The molecule has 0 bridgehead atoms. The van der Waals surface area contributed by atoms with Crippen LogP contribution in [-0.2, 0) is 4.79 Å². The lowest BCUT2D eigenvalue weighted by molar-refractivity contribution is -0.384. The van der Waals surface area contributed by atoms with Crippen LogP contribution in [0.1, 0.15) is 12.8 Å². The fourth-order valence-corrected chi connectivity index (χ4v) is 1.37. The van der Waals surface area contributed by atoms with E-state index in [1.165, 1.54) is 19.2 Å². The van der Waals surface area contributed by atoms with Crippen molar-refractivity contribution in [3.05, 3.63) is 28.3 Å². The lowest BCUT2D eigenvalue weighted by Gasteiger charge is -2.07. The number of carbonyl (C=O) groups excluding carboxylic acids is 1. The summed E-state index contributed by atoms with van der Waals surface area (Å²) >= 11 is 0. The van der Waals surface area contributed by atoms with E-state index in [1.807, 2.05) is 0 Å². The number of hydrogen-bond donors (Lipinski definition) is 2. The molecule has 0 unspecified atom stereocenters. The van der Waals surface area contributed by atoms with Crippen LogP contribution in [0.3, 0.4) is 0 Å². The van der Waals surface area contributed by atoms with Crippen LogP contribution < -0.4 is 15.8 Å². The third kappa shape index (κ3) is 3.70. The second-order valence-electron chi connectivity index (χ2n) is 3.58. The topological polar surface area (TPSA) is 107 Å². The van der Waals surface area contributed by atoms with Gasteiger partial charge in [0.1, 0.15) is 11.4 Å². The molecule has 1 aromatic carbocycles. The number of amides is 1. The first-order valence-electron chi connectivity index (χ1n) is 5.41. The fourth-order valence-electron chi connectivity index (χ4n) is 1.37. The molecule has 0 saturated heterocycles. The first-order valence-corrected chi connectivity index (χ1v) is 5.41. The second kappa shape index (κ2) is 6.55. The Morgan fingerprint density at radius 3 is 2.83 bits per heavy atom. The van der Waals surface area contributed by atoms with E-state index in [0.717, 1.165) is 0 Å². The third-order valence-corrected chi connectivity index (χ3v) is 2.28. The molecule has 1 aromatic rings. The molecule has 0 saturated carbocycles. The molecule has 0 spiro atoms. The Balaban J connectivity index is 2.87. The molecule has 0 atom stereocenters. The zero-order valence-electron chi connectivity index (χ0n) is 10.0. The van der Waals surface area contributed by atoms with E-state index in [0.29, 0.717) is 18.7 Å². The van der Waals surface area contributed by atoms with E-state index in [1.54, 1.807) is 6.07 Å². The lowest BCUT2D eigenvalue weighted by atomic mass is 10.2. The molecule has 0 heterocycles. The SMILES string of the molecule is COc1ccc(NC(=O)CCCN)c([N+](=O)[O-])c1. The fraction of sp³-hybridized carbons (Fsp3) is 0.364. The first-order chi connectivity index (χ1) is 8.58. The van der Waals surface area contributed by atoms with E-state index in [4.69, 9.17) is 10.5 Å². The Kier molecular flexibility index (Phi) is 5.06. The van der Waals surface area contributed by atoms with E-state index >= 15 is 0 Å². The largest absolute Gasteiger partial charge is 0.496 e. The number of methoxy groups -OCH3 is 1. The summed E-state index contributed by atoms with van der Waals surface area (Å²) in [6.07, 6.45) is 0.773. The van der Waals surface area contributed by atoms with Crippen LogP contribution in [0.5, 0.6) is 5.75 Å². The predicted molar refractivity (Wildman–Crippen MR) is 66.6 cm³/mol. The predicted octanol–water partition coefficient (Wildman–Crippen LogP) is 1.28. The summed E-state index contributed by atoms with van der Waals surface area (Å²) in [7, 11) is 1.42. The highest BCUT2D eigenvalue weighted by molar-refractivity contribution is 5.93. The van der Waals surface area contributed by atoms with Crippen LogP contribution in [0.15, 0.2) is 18.2 Å². The first kappa shape index (κ1) is 13.9. The highest BCUT2D eigenvalue weighted by atomic mass is 16.6. The summed E-state index contributed by atoms with van der Waals surface area (Å²) in [5, 5.41) is 13.4. The highest BCUT2D eigenvalue weighted by Crippen LogP contribution is 2.28. The zero-order valence-corrected chi connectivity index (χ0v) is 10.0. The smallest absolute Gasteiger partial charge is 0.296 e. The van der Waals surface area contributed by atoms with Gasteiger partial charge in [-0.15, -0.1) is 0 Å². The molecule has 0 aliphatic rings. The van der Waals surface area contributed by atoms with E-state index in [-0.39, 0.29) is 23.7 Å². The summed E-state index contributed by atoms with van der Waals surface area (Å²) in [6.45, 7) is 0.401. The maximum Gasteiger partial charge on any atom is 0.296 e. The maximum absolute atomic E-state index is 11.5. The van der Waals surface area contributed by atoms with Gasteiger partial charge in [0, 0.05) is 6.42 Å². The maximum atomic E-state index is 11.5. The number of rotatable bonds is 6. The minimum Gasteiger partial charge on any atom is -0.496 e. The number of anilines is 1. The van der Waals surface area contributed by atoms with Crippen LogP contribution in [0, 0.1) is 10.1 Å². The molecule has 0 aliphatic heterocycles. The van der Waals surface area contributed by atoms with E-state index < -0.39 is 4.92 Å². The summed E-state index contributed by atoms with van der Waals surface area (Å²) in [5.41, 5.74) is 5.24. The Bertz CT molecular complexity index is 448. The molecule has 0 aromatic heterocycles. The molecule has 7 nitrogen and oxygen atoms in total. The number of nitro groups is 1. The van der Waals surface area contributed by atoms with Crippen LogP contribution in [0.2, 0.25) is 0 Å². The summed E-state index contributed by atoms with van der Waals surface area (Å²) in [4.78, 5) is 21.8. The number of nitro benzene ring substituents is 1. The number of nitrogens with one attached hydrogen (secondary N) is 1. The summed E-state index contributed by atoms with van der Waals surface area (Å²) in [6, 6.07) is 4.25. The molecule has 3 N–H and O–H groups in total. The van der Waals surface area contributed by atoms with Crippen molar-refractivity contribution in [1.29, 1.82) is 0 Å². The molecule has 7 heteroatoms. The molecule has 1 amide bonds. The van der Waals surface area contributed by atoms with Crippen LogP contribution in [0.4, 0.5) is 11.4 Å². The monoisotopic (exact) mass is 253 g/mol. The lowest BCUT2D eigenvalue weighted by Crippen LogP contribution is -2.14. The molecule has 98 valence electrons. The average molecular weight is 253 g/mol. The van der Waals surface area contributed by atoms with Crippen LogP contribution in [0.25, 0.3) is 0 Å². The van der Waals surface area contributed by atoms with Crippen LogP contribution >= 0.6 is 0 Å². The van der Waals surface area contributed by atoms with E-state index in [9.17, 15) is 14.9 Å². The van der Waals surface area contributed by atoms with Gasteiger partial charge in [0.15, 0.2) is 0 Å². The number of carbonyl (C=O) groups is 1. The van der Waals surface area contributed by atoms with Crippen molar-refractivity contribution in [2.75, 3.05) is 19.0 Å². The Morgan fingerprint density at radius 1 is 1.56 bits per heavy atom. The molecule has 0 radical (unpaired) electrons. The van der Waals surface area contributed by atoms with Gasteiger partial charge in [-0.3, -0.25) is 14.9 Å². The van der Waals surface area contributed by atoms with Gasteiger partial charge < -0.3 is 15.8 Å². The number of benzene rings is 1. The molecular formula is C11H15N3O4. The minimum absolute atomic E-state index is 0.155.